The summed E-state index contributed by atoms with van der Waals surface area (Å²) in [5.74, 6) is -0.587. The Bertz CT molecular complexity index is 1710. The standard InChI is InChI=1S/C34H43N3O9S/c1-22-27(39)31(2)16-12-25-32(3)14-8-15-33(4,24(32)13-17-34(22,25)21-31)30(40)35-20-26(38)44-18-9-19-45-28-29(37(41)46-36-28)47(42,43)23-10-6-5-7-11-23/h5-7,10-11,24-25H,1,8-9,12-21H2,2-4H3,(H,35,40)/t24-,25-,31-,32+,33+,34+/m0/s1. The molecule has 0 radical (unpaired) electrons. The molecule has 13 heteroatoms. The van der Waals surface area contributed by atoms with Crippen LogP contribution >= 0.6 is 0 Å². The first-order valence-electron chi connectivity index (χ1n) is 16.4. The van der Waals surface area contributed by atoms with Gasteiger partial charge in [0.05, 0.1) is 23.3 Å². The monoisotopic (exact) mass is 669 g/mol. The molecule has 1 aromatic carbocycles. The second-order valence-electron chi connectivity index (χ2n) is 14.6. The van der Waals surface area contributed by atoms with Gasteiger partial charge in [-0.05, 0) is 84.8 Å². The molecule has 0 saturated heterocycles. The van der Waals surface area contributed by atoms with Crippen LogP contribution in [0.5, 0.6) is 5.88 Å². The molecule has 4 aliphatic rings. The van der Waals surface area contributed by atoms with E-state index in [2.05, 4.69) is 35.5 Å². The maximum absolute atomic E-state index is 13.8. The summed E-state index contributed by atoms with van der Waals surface area (Å²) in [5, 5.41) is 17.5. The van der Waals surface area contributed by atoms with Crippen LogP contribution in [0.3, 0.4) is 0 Å². The molecule has 0 unspecified atom stereocenters. The topological polar surface area (TPSA) is 169 Å². The second kappa shape index (κ2) is 11.7. The molecule has 1 aromatic heterocycles. The molecule has 2 aromatic rings. The van der Waals surface area contributed by atoms with Crippen molar-refractivity contribution in [2.45, 2.75) is 88.5 Å². The Morgan fingerprint density at radius 1 is 1.09 bits per heavy atom. The van der Waals surface area contributed by atoms with Gasteiger partial charge in [0.2, 0.25) is 5.91 Å². The number of carbonyl (C=O) groups is 3. The first-order valence-corrected chi connectivity index (χ1v) is 17.9. The van der Waals surface area contributed by atoms with Crippen molar-refractivity contribution < 1.29 is 41.8 Å². The third-order valence-corrected chi connectivity index (χ3v) is 13.7. The number of Topliss-reactive ketones (excluding diaryl/α,β-unsaturated/α-hetero) is 1. The highest BCUT2D eigenvalue weighted by Crippen LogP contribution is 2.74. The van der Waals surface area contributed by atoms with E-state index in [1.807, 2.05) is 6.92 Å². The number of hydrogen-bond acceptors (Lipinski definition) is 10. The van der Waals surface area contributed by atoms with E-state index >= 15 is 0 Å². The summed E-state index contributed by atoms with van der Waals surface area (Å²) in [6, 6.07) is 7.35. The molecule has 0 aliphatic heterocycles. The van der Waals surface area contributed by atoms with Crippen LogP contribution in [0.25, 0.3) is 0 Å². The van der Waals surface area contributed by atoms with Crippen LogP contribution in [0, 0.1) is 38.7 Å². The second-order valence-corrected chi connectivity index (χ2v) is 16.5. The summed E-state index contributed by atoms with van der Waals surface area (Å²) in [6.07, 6.45) is 7.24. The van der Waals surface area contributed by atoms with Gasteiger partial charge in [0.1, 0.15) is 6.54 Å². The fourth-order valence-electron chi connectivity index (χ4n) is 9.83. The SMILES string of the molecule is C=C1C(=O)[C@@]2(C)CC[C@@H]3[C@]1(CC[C@H]1[C@@]3(C)CCC[C@@]1(C)C(=O)NCC(=O)OCCCOc1no[n+]([O-])c1S(=O)(=O)c1ccccc1)C2. The van der Waals surface area contributed by atoms with Gasteiger partial charge in [0, 0.05) is 22.7 Å². The Kier molecular flexibility index (Phi) is 8.29. The number of hydrogen-bond donors (Lipinski definition) is 1. The maximum atomic E-state index is 13.8. The third-order valence-electron chi connectivity index (χ3n) is 12.0. The fourth-order valence-corrected chi connectivity index (χ4v) is 11.1. The number of carbonyl (C=O) groups excluding carboxylic acids is 3. The highest BCUT2D eigenvalue weighted by molar-refractivity contribution is 7.91. The molecule has 4 aliphatic carbocycles. The summed E-state index contributed by atoms with van der Waals surface area (Å²) in [4.78, 5) is 39.2. The lowest BCUT2D eigenvalue weighted by Gasteiger charge is -2.64. The van der Waals surface area contributed by atoms with Crippen molar-refractivity contribution >= 4 is 27.5 Å². The zero-order valence-electron chi connectivity index (χ0n) is 27.2. The number of benzene rings is 1. The van der Waals surface area contributed by atoms with E-state index in [1.165, 1.54) is 24.3 Å². The van der Waals surface area contributed by atoms with E-state index in [-0.39, 0.29) is 69.8 Å². The lowest BCUT2D eigenvalue weighted by atomic mass is 9.40. The molecule has 6 atom stereocenters. The first kappa shape index (κ1) is 33.2. The molecule has 1 heterocycles. The number of sulfone groups is 1. The molecule has 1 amide bonds. The third kappa shape index (κ3) is 5.25. The van der Waals surface area contributed by atoms with Crippen LogP contribution in [-0.4, -0.2) is 51.0 Å². The summed E-state index contributed by atoms with van der Waals surface area (Å²) in [7, 11) is -4.24. The smallest absolute Gasteiger partial charge is 0.414 e. The number of allylic oxidation sites excluding steroid dienone is 1. The minimum atomic E-state index is -4.24. The van der Waals surface area contributed by atoms with Crippen LogP contribution < -0.4 is 15.0 Å². The summed E-state index contributed by atoms with van der Waals surface area (Å²) < 4.78 is 40.9. The van der Waals surface area contributed by atoms with Gasteiger partial charge < -0.3 is 20.0 Å². The van der Waals surface area contributed by atoms with Gasteiger partial charge >= 0.3 is 16.9 Å². The van der Waals surface area contributed by atoms with E-state index in [1.54, 1.807) is 6.07 Å². The van der Waals surface area contributed by atoms with Gasteiger partial charge in [0.25, 0.3) is 9.84 Å². The van der Waals surface area contributed by atoms with Gasteiger partial charge in [-0.15, -0.1) is 0 Å². The van der Waals surface area contributed by atoms with E-state index in [9.17, 15) is 28.0 Å². The molecule has 1 spiro atoms. The van der Waals surface area contributed by atoms with Crippen molar-refractivity contribution in [3.05, 3.63) is 47.7 Å². The number of rotatable bonds is 10. The molecule has 254 valence electrons. The lowest BCUT2D eigenvalue weighted by Crippen LogP contribution is -2.60. The Morgan fingerprint density at radius 2 is 1.81 bits per heavy atom. The highest BCUT2D eigenvalue weighted by atomic mass is 32.2. The Morgan fingerprint density at radius 3 is 2.55 bits per heavy atom. The molecule has 2 bridgehead atoms. The van der Waals surface area contributed by atoms with Crippen molar-refractivity contribution in [1.82, 2.24) is 10.5 Å². The van der Waals surface area contributed by atoms with Crippen LogP contribution in [0.1, 0.15) is 78.6 Å². The van der Waals surface area contributed by atoms with Gasteiger partial charge in [0.15, 0.2) is 5.78 Å². The highest BCUT2D eigenvalue weighted by Gasteiger charge is 2.69. The average Bonchev–Trinajstić information content (AvgIpc) is 3.48. The van der Waals surface area contributed by atoms with Gasteiger partial charge in [-0.25, -0.2) is 8.42 Å². The fraction of sp³-hybridized carbons (Fsp3) is 0.618. The number of aromatic nitrogens is 2. The quantitative estimate of drug-likeness (QED) is 0.168. The molecular formula is C34H43N3O9S. The zero-order chi connectivity index (χ0) is 33.8. The molecule has 1 N–H and O–H groups in total. The van der Waals surface area contributed by atoms with Crippen molar-refractivity contribution in [2.75, 3.05) is 19.8 Å². The molecular weight excluding hydrogens is 626 g/mol. The maximum Gasteiger partial charge on any atom is 0.414 e. The molecule has 6 rings (SSSR count). The predicted octanol–water partition coefficient (Wildman–Crippen LogP) is 4.11. The number of amides is 1. The van der Waals surface area contributed by atoms with E-state index in [4.69, 9.17) is 9.47 Å². The molecule has 47 heavy (non-hydrogen) atoms. The normalized spacial score (nSPS) is 33.1. The number of ether oxygens (including phenoxy) is 2. The van der Waals surface area contributed by atoms with E-state index in [0.29, 0.717) is 5.92 Å². The number of esters is 1. The number of ketones is 1. The largest absolute Gasteiger partial charge is 0.464 e. The van der Waals surface area contributed by atoms with Gasteiger partial charge in [-0.1, -0.05) is 52.0 Å². The van der Waals surface area contributed by atoms with Crippen LogP contribution in [0.2, 0.25) is 0 Å². The first-order chi connectivity index (χ1) is 22.2. The summed E-state index contributed by atoms with van der Waals surface area (Å²) >= 11 is 0. The van der Waals surface area contributed by atoms with Crippen LogP contribution in [0.4, 0.5) is 0 Å². The zero-order valence-corrected chi connectivity index (χ0v) is 28.0. The van der Waals surface area contributed by atoms with E-state index in [0.717, 1.165) is 56.9 Å². The van der Waals surface area contributed by atoms with Gasteiger partial charge in [-0.3, -0.25) is 19.0 Å². The number of nitrogens with zero attached hydrogens (tertiary/aromatic N) is 2. The van der Waals surface area contributed by atoms with Crippen molar-refractivity contribution in [1.29, 1.82) is 0 Å². The van der Waals surface area contributed by atoms with E-state index < -0.39 is 32.1 Å². The number of nitrogens with one attached hydrogen (secondary N) is 1. The summed E-state index contributed by atoms with van der Waals surface area (Å²) in [5.41, 5.74) is -0.423. The predicted molar refractivity (Wildman–Crippen MR) is 166 cm³/mol. The molecule has 12 nitrogen and oxygen atoms in total. The molecule has 4 saturated carbocycles. The Hall–Kier alpha value is -3.74. The Labute approximate surface area is 274 Å². The van der Waals surface area contributed by atoms with Crippen molar-refractivity contribution in [3.8, 4) is 5.88 Å². The van der Waals surface area contributed by atoms with Crippen molar-refractivity contribution in [2.24, 2.45) is 33.5 Å². The van der Waals surface area contributed by atoms with Gasteiger partial charge in [-0.2, -0.15) is 0 Å². The van der Waals surface area contributed by atoms with Crippen LogP contribution in [0.15, 0.2) is 57.0 Å². The minimum absolute atomic E-state index is 0.0616. The minimum Gasteiger partial charge on any atom is -0.464 e. The number of fused-ring (bicyclic) bond motifs is 3. The summed E-state index contributed by atoms with van der Waals surface area (Å²) in [6.45, 7) is 10.3. The lowest BCUT2D eigenvalue weighted by molar-refractivity contribution is -0.832. The Balaban J connectivity index is 1.01. The average molecular weight is 670 g/mol. The van der Waals surface area contributed by atoms with Crippen LogP contribution in [-0.2, 0) is 29.0 Å². The molecule has 4 fully saturated rings. The van der Waals surface area contributed by atoms with Crippen molar-refractivity contribution in [3.63, 3.8) is 0 Å².